The zero-order valence-electron chi connectivity index (χ0n) is 14.4. The van der Waals surface area contributed by atoms with Crippen molar-refractivity contribution >= 4 is 11.8 Å². The molecular weight excluding hydrogens is 304 g/mol. The Morgan fingerprint density at radius 3 is 2.46 bits per heavy atom. The molecule has 130 valence electrons. The van der Waals surface area contributed by atoms with Gasteiger partial charge in [0.25, 0.3) is 5.91 Å². The number of hydrogen-bond donors (Lipinski definition) is 2. The number of amides is 2. The molecule has 0 spiro atoms. The molecule has 2 rings (SSSR count). The molecule has 1 aliphatic rings. The largest absolute Gasteiger partial charge is 0.379 e. The third kappa shape index (κ3) is 4.93. The molecule has 0 bridgehead atoms. The van der Waals surface area contributed by atoms with Crippen molar-refractivity contribution in [1.82, 2.24) is 10.6 Å². The van der Waals surface area contributed by atoms with Gasteiger partial charge in [-0.25, -0.2) is 0 Å². The number of carbonyl (C=O) groups is 2. The first kappa shape index (κ1) is 18.2. The Kier molecular flexibility index (Phi) is 6.15. The predicted molar refractivity (Wildman–Crippen MR) is 93.6 cm³/mol. The molecule has 0 radical (unpaired) electrons. The second-order valence-electron chi connectivity index (χ2n) is 6.52. The summed E-state index contributed by atoms with van der Waals surface area (Å²) in [5, 5.41) is 5.81. The molecule has 0 aromatic heterocycles. The Bertz CT molecular complexity index is 587. The molecule has 1 aromatic carbocycles. The van der Waals surface area contributed by atoms with E-state index in [4.69, 9.17) is 4.74 Å². The molecule has 2 amide bonds. The fourth-order valence-electron chi connectivity index (χ4n) is 2.88. The summed E-state index contributed by atoms with van der Waals surface area (Å²) in [6, 6.07) is 7.47. The lowest BCUT2D eigenvalue weighted by molar-refractivity contribution is -0.116. The van der Waals surface area contributed by atoms with Gasteiger partial charge in [-0.3, -0.25) is 9.59 Å². The van der Waals surface area contributed by atoms with E-state index in [9.17, 15) is 9.59 Å². The van der Waals surface area contributed by atoms with Gasteiger partial charge in [0.15, 0.2) is 0 Å². The van der Waals surface area contributed by atoms with Crippen molar-refractivity contribution in [2.24, 2.45) is 0 Å². The van der Waals surface area contributed by atoms with Crippen LogP contribution in [0.25, 0.3) is 0 Å². The summed E-state index contributed by atoms with van der Waals surface area (Å²) in [5.74, 6) is -0.264. The Morgan fingerprint density at radius 2 is 1.92 bits per heavy atom. The highest BCUT2D eigenvalue weighted by molar-refractivity contribution is 5.94. The molecule has 1 aliphatic carbocycles. The molecule has 2 N–H and O–H groups in total. The molecule has 0 saturated heterocycles. The van der Waals surface area contributed by atoms with Crippen molar-refractivity contribution in [2.45, 2.75) is 50.8 Å². The first-order chi connectivity index (χ1) is 11.5. The van der Waals surface area contributed by atoms with Crippen molar-refractivity contribution in [3.63, 3.8) is 0 Å². The summed E-state index contributed by atoms with van der Waals surface area (Å²) in [5.41, 5.74) is 1.52. The molecule has 0 heterocycles. The number of nitrogens with one attached hydrogen (secondary N) is 2. The molecule has 0 aliphatic heterocycles. The van der Waals surface area contributed by atoms with Gasteiger partial charge in [0.05, 0.1) is 5.60 Å². The fourth-order valence-corrected chi connectivity index (χ4v) is 2.88. The monoisotopic (exact) mass is 330 g/mol. The van der Waals surface area contributed by atoms with E-state index in [1.165, 1.54) is 6.08 Å². The minimum absolute atomic E-state index is 0.0531. The Morgan fingerprint density at radius 1 is 1.29 bits per heavy atom. The van der Waals surface area contributed by atoms with Crippen molar-refractivity contribution in [3.05, 3.63) is 48.0 Å². The lowest BCUT2D eigenvalue weighted by atomic mass is 9.83. The van der Waals surface area contributed by atoms with Crippen LogP contribution in [-0.4, -0.2) is 30.6 Å². The smallest absolute Gasteiger partial charge is 0.251 e. The minimum Gasteiger partial charge on any atom is -0.379 e. The second-order valence-corrected chi connectivity index (χ2v) is 6.52. The normalized spacial score (nSPS) is 23.3. The summed E-state index contributed by atoms with van der Waals surface area (Å²) >= 11 is 0. The third-order valence-corrected chi connectivity index (χ3v) is 4.74. The van der Waals surface area contributed by atoms with E-state index in [2.05, 4.69) is 24.1 Å². The predicted octanol–water partition coefficient (Wildman–Crippen LogP) is 2.57. The Balaban J connectivity index is 1.84. The Hall–Kier alpha value is -2.14. The van der Waals surface area contributed by atoms with Gasteiger partial charge in [-0.15, -0.1) is 0 Å². The molecule has 5 nitrogen and oxygen atoms in total. The first-order valence-electron chi connectivity index (χ1n) is 8.31. The van der Waals surface area contributed by atoms with Crippen LogP contribution in [0.5, 0.6) is 0 Å². The van der Waals surface area contributed by atoms with Gasteiger partial charge in [0.2, 0.25) is 5.91 Å². The molecular formula is C19H26N2O3. The third-order valence-electron chi connectivity index (χ3n) is 4.74. The van der Waals surface area contributed by atoms with Crippen molar-refractivity contribution < 1.29 is 14.3 Å². The van der Waals surface area contributed by atoms with Crippen LogP contribution in [0.1, 0.15) is 48.5 Å². The van der Waals surface area contributed by atoms with Gasteiger partial charge in [-0.2, -0.15) is 0 Å². The van der Waals surface area contributed by atoms with Gasteiger partial charge < -0.3 is 15.4 Å². The van der Waals surface area contributed by atoms with Gasteiger partial charge in [-0.1, -0.05) is 18.7 Å². The molecule has 0 atom stereocenters. The highest BCUT2D eigenvalue weighted by atomic mass is 16.5. The summed E-state index contributed by atoms with van der Waals surface area (Å²) in [7, 11) is 1.75. The Labute approximate surface area is 143 Å². The topological polar surface area (TPSA) is 67.4 Å². The standard InChI is InChI=1S/C19H26N2O3/c1-4-17(22)20-13-14-5-7-15(8-6-14)18(23)21-16-9-11-19(2,24-3)12-10-16/h4-8,16H,1,9-13H2,2-3H3,(H,20,22)(H,21,23). The van der Waals surface area contributed by atoms with E-state index >= 15 is 0 Å². The lowest BCUT2D eigenvalue weighted by Crippen LogP contribution is -2.42. The van der Waals surface area contributed by atoms with Crippen LogP contribution < -0.4 is 10.6 Å². The molecule has 24 heavy (non-hydrogen) atoms. The van der Waals surface area contributed by atoms with E-state index in [0.29, 0.717) is 12.1 Å². The van der Waals surface area contributed by atoms with Gasteiger partial charge in [0, 0.05) is 25.3 Å². The van der Waals surface area contributed by atoms with Crippen molar-refractivity contribution in [3.8, 4) is 0 Å². The van der Waals surface area contributed by atoms with Gasteiger partial charge in [-0.05, 0) is 56.4 Å². The second kappa shape index (κ2) is 8.11. The van der Waals surface area contributed by atoms with Crippen molar-refractivity contribution in [1.29, 1.82) is 0 Å². The first-order valence-corrected chi connectivity index (χ1v) is 8.31. The van der Waals surface area contributed by atoms with Gasteiger partial charge in [0.1, 0.15) is 0 Å². The maximum atomic E-state index is 12.3. The summed E-state index contributed by atoms with van der Waals surface area (Å²) in [4.78, 5) is 23.5. The van der Waals surface area contributed by atoms with Crippen molar-refractivity contribution in [2.75, 3.05) is 7.11 Å². The minimum atomic E-state index is -0.211. The summed E-state index contributed by atoms with van der Waals surface area (Å²) < 4.78 is 5.53. The van der Waals surface area contributed by atoms with Crippen LogP contribution in [0, 0.1) is 0 Å². The van der Waals surface area contributed by atoms with Crippen LogP contribution in [-0.2, 0) is 16.1 Å². The van der Waals surface area contributed by atoms with E-state index in [1.54, 1.807) is 19.2 Å². The van der Waals surface area contributed by atoms with E-state index in [-0.39, 0.29) is 23.5 Å². The maximum absolute atomic E-state index is 12.3. The molecule has 1 aromatic rings. The highest BCUT2D eigenvalue weighted by Gasteiger charge is 2.31. The van der Waals surface area contributed by atoms with E-state index < -0.39 is 0 Å². The quantitative estimate of drug-likeness (QED) is 0.788. The average molecular weight is 330 g/mol. The molecule has 0 unspecified atom stereocenters. The number of hydrogen-bond acceptors (Lipinski definition) is 3. The fraction of sp³-hybridized carbons (Fsp3) is 0.474. The number of ether oxygens (including phenoxy) is 1. The molecule has 5 heteroatoms. The number of methoxy groups -OCH3 is 1. The summed E-state index contributed by atoms with van der Waals surface area (Å²) in [6.07, 6.45) is 5.01. The number of rotatable bonds is 6. The van der Waals surface area contributed by atoms with Gasteiger partial charge >= 0.3 is 0 Å². The van der Waals surface area contributed by atoms with Crippen LogP contribution in [0.2, 0.25) is 0 Å². The van der Waals surface area contributed by atoms with E-state index in [1.807, 2.05) is 12.1 Å². The van der Waals surface area contributed by atoms with Crippen LogP contribution in [0.15, 0.2) is 36.9 Å². The SMILES string of the molecule is C=CC(=O)NCc1ccc(C(=O)NC2CCC(C)(OC)CC2)cc1. The zero-order valence-corrected chi connectivity index (χ0v) is 14.4. The lowest BCUT2D eigenvalue weighted by Gasteiger charge is -2.36. The maximum Gasteiger partial charge on any atom is 0.251 e. The number of carbonyl (C=O) groups excluding carboxylic acids is 2. The summed E-state index contributed by atoms with van der Waals surface area (Å²) in [6.45, 7) is 5.95. The molecule has 1 saturated carbocycles. The van der Waals surface area contributed by atoms with Crippen LogP contribution >= 0.6 is 0 Å². The number of benzene rings is 1. The van der Waals surface area contributed by atoms with E-state index in [0.717, 1.165) is 31.2 Å². The van der Waals surface area contributed by atoms with Crippen LogP contribution in [0.4, 0.5) is 0 Å². The van der Waals surface area contributed by atoms with Crippen LogP contribution in [0.3, 0.4) is 0 Å². The molecule has 1 fully saturated rings. The average Bonchev–Trinajstić information content (AvgIpc) is 2.62. The zero-order chi connectivity index (χ0) is 17.6. The highest BCUT2D eigenvalue weighted by Crippen LogP contribution is 2.30.